The van der Waals surface area contributed by atoms with Gasteiger partial charge in [0.15, 0.2) is 0 Å². The molecule has 1 aromatic carbocycles. The predicted octanol–water partition coefficient (Wildman–Crippen LogP) is 2.01. The van der Waals surface area contributed by atoms with Crippen LogP contribution in [0.5, 0.6) is 5.75 Å². The van der Waals surface area contributed by atoms with E-state index in [0.29, 0.717) is 24.3 Å². The smallest absolute Gasteiger partial charge is 0.241 e. The number of ether oxygens (including phenoxy) is 1. The highest BCUT2D eigenvalue weighted by Crippen LogP contribution is 2.46. The van der Waals surface area contributed by atoms with Crippen LogP contribution in [0.3, 0.4) is 0 Å². The second-order valence-corrected chi connectivity index (χ2v) is 8.78. The van der Waals surface area contributed by atoms with Gasteiger partial charge in [-0.25, -0.2) is 0 Å². The number of hydrogen-bond donors (Lipinski definition) is 1. The molecule has 7 heteroatoms. The fourth-order valence-electron chi connectivity index (χ4n) is 5.33. The molecule has 3 fully saturated rings. The van der Waals surface area contributed by atoms with Crippen molar-refractivity contribution >= 4 is 17.7 Å². The number of rotatable bonds is 5. The van der Waals surface area contributed by atoms with Gasteiger partial charge in [0.05, 0.1) is 18.6 Å². The summed E-state index contributed by atoms with van der Waals surface area (Å²) in [4.78, 5) is 43.2. The van der Waals surface area contributed by atoms with Gasteiger partial charge in [-0.1, -0.05) is 31.0 Å². The summed E-state index contributed by atoms with van der Waals surface area (Å²) in [5, 5.41) is 9.99. The molecule has 2 aliphatic heterocycles. The Balaban J connectivity index is 1.71. The van der Waals surface area contributed by atoms with Gasteiger partial charge in [0.1, 0.15) is 5.75 Å². The SMILES string of the molecule is COc1ccccc1[C@]1(CC(=O)N2CCC[C@@H](O)C2)CC(=O)N(C2CCCC2)C1=O. The highest BCUT2D eigenvalue weighted by atomic mass is 16.5. The molecule has 0 unspecified atom stereocenters. The molecule has 3 amide bonds. The van der Waals surface area contributed by atoms with E-state index in [0.717, 1.165) is 32.1 Å². The molecule has 0 radical (unpaired) electrons. The third-order valence-corrected chi connectivity index (χ3v) is 6.86. The Hall–Kier alpha value is -2.41. The summed E-state index contributed by atoms with van der Waals surface area (Å²) in [6.45, 7) is 0.835. The monoisotopic (exact) mass is 414 g/mol. The van der Waals surface area contributed by atoms with Crippen molar-refractivity contribution in [3.63, 3.8) is 0 Å². The third-order valence-electron chi connectivity index (χ3n) is 6.86. The molecule has 3 aliphatic rings. The molecule has 1 saturated carbocycles. The van der Waals surface area contributed by atoms with Crippen LogP contribution in [0.1, 0.15) is 56.9 Å². The number of carbonyl (C=O) groups is 3. The molecule has 1 aliphatic carbocycles. The van der Waals surface area contributed by atoms with Gasteiger partial charge in [0.2, 0.25) is 17.7 Å². The highest BCUT2D eigenvalue weighted by molar-refractivity contribution is 6.11. The van der Waals surface area contributed by atoms with Crippen LogP contribution in [0, 0.1) is 0 Å². The Labute approximate surface area is 177 Å². The van der Waals surface area contributed by atoms with Crippen LogP contribution in [0.25, 0.3) is 0 Å². The van der Waals surface area contributed by atoms with Gasteiger partial charge in [0.25, 0.3) is 0 Å². The molecule has 2 saturated heterocycles. The first kappa shape index (κ1) is 20.8. The van der Waals surface area contributed by atoms with Gasteiger partial charge in [-0.15, -0.1) is 0 Å². The Morgan fingerprint density at radius 1 is 1.17 bits per heavy atom. The maximum atomic E-state index is 13.8. The summed E-state index contributed by atoms with van der Waals surface area (Å²) in [5.41, 5.74) is -0.663. The molecular formula is C23H30N2O5. The highest BCUT2D eigenvalue weighted by Gasteiger charge is 2.57. The predicted molar refractivity (Wildman–Crippen MR) is 110 cm³/mol. The van der Waals surface area contributed by atoms with Crippen molar-refractivity contribution in [1.82, 2.24) is 9.80 Å². The number of likely N-dealkylation sites (tertiary alicyclic amines) is 2. The van der Waals surface area contributed by atoms with Crippen molar-refractivity contribution in [1.29, 1.82) is 0 Å². The van der Waals surface area contributed by atoms with Gasteiger partial charge in [-0.05, 0) is 31.7 Å². The summed E-state index contributed by atoms with van der Waals surface area (Å²) in [6.07, 6.45) is 4.42. The van der Waals surface area contributed by atoms with Crippen LogP contribution < -0.4 is 4.74 Å². The van der Waals surface area contributed by atoms with Gasteiger partial charge in [-0.3, -0.25) is 19.3 Å². The van der Waals surface area contributed by atoms with Crippen molar-refractivity contribution in [3.05, 3.63) is 29.8 Å². The molecule has 2 atom stereocenters. The van der Waals surface area contributed by atoms with Gasteiger partial charge in [-0.2, -0.15) is 0 Å². The summed E-state index contributed by atoms with van der Waals surface area (Å²) in [6, 6.07) is 7.11. The van der Waals surface area contributed by atoms with E-state index >= 15 is 0 Å². The number of aliphatic hydroxyl groups is 1. The second-order valence-electron chi connectivity index (χ2n) is 8.78. The number of β-amino-alcohol motifs (C(OH)–C–C–N with tert-alkyl or cyclic N) is 1. The number of para-hydroxylation sites is 1. The van der Waals surface area contributed by atoms with Crippen LogP contribution in [0.4, 0.5) is 0 Å². The van der Waals surface area contributed by atoms with Crippen LogP contribution >= 0.6 is 0 Å². The zero-order valence-electron chi connectivity index (χ0n) is 17.5. The van der Waals surface area contributed by atoms with E-state index in [2.05, 4.69) is 0 Å². The standard InChI is InChI=1S/C23H30N2O5/c1-30-19-11-5-4-10-18(19)23(13-20(27)24-12-6-9-17(26)15-24)14-21(28)25(22(23)29)16-7-2-3-8-16/h4-5,10-11,16-17,26H,2-3,6-9,12-15H2,1H3/t17-,23+/m1/s1. The Morgan fingerprint density at radius 2 is 1.90 bits per heavy atom. The number of nitrogens with zero attached hydrogens (tertiary/aromatic N) is 2. The first-order chi connectivity index (χ1) is 14.5. The van der Waals surface area contributed by atoms with Crippen molar-refractivity contribution in [2.24, 2.45) is 0 Å². The number of methoxy groups -OCH3 is 1. The van der Waals surface area contributed by atoms with Crippen LogP contribution in [-0.4, -0.2) is 65.0 Å². The van der Waals surface area contributed by atoms with E-state index < -0.39 is 11.5 Å². The lowest BCUT2D eigenvalue weighted by Gasteiger charge is -2.34. The fourth-order valence-corrected chi connectivity index (χ4v) is 5.33. The zero-order chi connectivity index (χ0) is 21.3. The molecule has 2 heterocycles. The summed E-state index contributed by atoms with van der Waals surface area (Å²) in [7, 11) is 1.53. The molecule has 30 heavy (non-hydrogen) atoms. The zero-order valence-corrected chi connectivity index (χ0v) is 17.5. The molecular weight excluding hydrogens is 384 g/mol. The quantitative estimate of drug-likeness (QED) is 0.745. The van der Waals surface area contributed by atoms with Crippen molar-refractivity contribution in [2.45, 2.75) is 68.9 Å². The summed E-state index contributed by atoms with van der Waals surface area (Å²) in [5.74, 6) is -0.174. The average molecular weight is 415 g/mol. The maximum Gasteiger partial charge on any atom is 0.241 e. The van der Waals surface area contributed by atoms with Crippen LogP contribution in [-0.2, 0) is 19.8 Å². The molecule has 1 aromatic rings. The number of benzene rings is 1. The number of aliphatic hydroxyl groups excluding tert-OH is 1. The van der Waals surface area contributed by atoms with E-state index in [1.807, 2.05) is 12.1 Å². The third kappa shape index (κ3) is 3.60. The second kappa shape index (κ2) is 8.38. The Bertz CT molecular complexity index is 835. The Morgan fingerprint density at radius 3 is 2.60 bits per heavy atom. The number of amides is 3. The first-order valence-electron chi connectivity index (χ1n) is 10.9. The molecule has 162 valence electrons. The maximum absolute atomic E-state index is 13.8. The number of hydrogen-bond acceptors (Lipinski definition) is 5. The minimum atomic E-state index is -1.26. The lowest BCUT2D eigenvalue weighted by atomic mass is 9.75. The molecule has 1 N–H and O–H groups in total. The minimum absolute atomic E-state index is 0.0230. The van der Waals surface area contributed by atoms with E-state index in [9.17, 15) is 19.5 Å². The van der Waals surface area contributed by atoms with E-state index in [1.54, 1.807) is 17.0 Å². The summed E-state index contributed by atoms with van der Waals surface area (Å²) < 4.78 is 5.52. The number of piperidine rings is 1. The van der Waals surface area contributed by atoms with Crippen molar-refractivity contribution in [2.75, 3.05) is 20.2 Å². The molecule has 0 spiro atoms. The van der Waals surface area contributed by atoms with Crippen molar-refractivity contribution < 1.29 is 24.2 Å². The van der Waals surface area contributed by atoms with E-state index in [-0.39, 0.29) is 43.1 Å². The van der Waals surface area contributed by atoms with Crippen LogP contribution in [0.15, 0.2) is 24.3 Å². The average Bonchev–Trinajstić information content (AvgIpc) is 3.35. The normalized spacial score (nSPS) is 27.7. The first-order valence-corrected chi connectivity index (χ1v) is 10.9. The topological polar surface area (TPSA) is 87.2 Å². The molecule has 0 bridgehead atoms. The van der Waals surface area contributed by atoms with Gasteiger partial charge >= 0.3 is 0 Å². The molecule has 7 nitrogen and oxygen atoms in total. The van der Waals surface area contributed by atoms with Gasteiger partial charge < -0.3 is 14.7 Å². The lowest BCUT2D eigenvalue weighted by Crippen LogP contribution is -2.48. The fraction of sp³-hybridized carbons (Fsp3) is 0.609. The Kier molecular flexibility index (Phi) is 5.82. The molecule has 4 rings (SSSR count). The minimum Gasteiger partial charge on any atom is -0.496 e. The summed E-state index contributed by atoms with van der Waals surface area (Å²) >= 11 is 0. The van der Waals surface area contributed by atoms with Gasteiger partial charge in [0, 0.05) is 37.5 Å². The molecule has 0 aromatic heterocycles. The number of imide groups is 1. The van der Waals surface area contributed by atoms with E-state index in [4.69, 9.17) is 4.74 Å². The van der Waals surface area contributed by atoms with Crippen LogP contribution in [0.2, 0.25) is 0 Å². The van der Waals surface area contributed by atoms with E-state index in [1.165, 1.54) is 12.0 Å². The largest absolute Gasteiger partial charge is 0.496 e. The van der Waals surface area contributed by atoms with Crippen molar-refractivity contribution in [3.8, 4) is 5.75 Å². The lowest BCUT2D eigenvalue weighted by molar-refractivity contribution is -0.145. The number of carbonyl (C=O) groups excluding carboxylic acids is 3.